The van der Waals surface area contributed by atoms with E-state index in [-0.39, 0.29) is 0 Å². The van der Waals surface area contributed by atoms with Gasteiger partial charge in [-0.15, -0.1) is 10.2 Å². The fourth-order valence-corrected chi connectivity index (χ4v) is 4.22. The average Bonchev–Trinajstić information content (AvgIpc) is 3.45. The van der Waals surface area contributed by atoms with Gasteiger partial charge in [-0.1, -0.05) is 36.4 Å². The number of para-hydroxylation sites is 1. The van der Waals surface area contributed by atoms with Crippen LogP contribution in [0.3, 0.4) is 0 Å². The average molecular weight is 410 g/mol. The van der Waals surface area contributed by atoms with Crippen molar-refractivity contribution < 1.29 is 9.90 Å². The number of fused-ring (bicyclic) bond motifs is 5. The van der Waals surface area contributed by atoms with Gasteiger partial charge in [0.2, 0.25) is 0 Å². The molecule has 0 spiro atoms. The molecule has 3 N–H and O–H groups in total. The number of aromatic nitrogens is 4. The Balaban J connectivity index is 1.49. The van der Waals surface area contributed by atoms with Crippen LogP contribution in [0.25, 0.3) is 28.5 Å². The Hall–Kier alpha value is -4.20. The molecule has 4 aromatic rings. The molecule has 2 aromatic carbocycles. The quantitative estimate of drug-likeness (QED) is 0.409. The van der Waals surface area contributed by atoms with Crippen LogP contribution in [0.2, 0.25) is 0 Å². The minimum absolute atomic E-state index is 0.467. The van der Waals surface area contributed by atoms with Crippen LogP contribution in [0.5, 0.6) is 0 Å². The zero-order valence-corrected chi connectivity index (χ0v) is 16.4. The van der Waals surface area contributed by atoms with E-state index in [1.54, 1.807) is 6.20 Å². The Morgan fingerprint density at radius 2 is 1.77 bits per heavy atom. The highest BCUT2D eigenvalue weighted by Gasteiger charge is 2.45. The molecule has 1 saturated carbocycles. The fraction of sp³-hybridized carbons (Fsp3) is 0.130. The molecule has 152 valence electrons. The molecule has 6 rings (SSSR count). The molecule has 31 heavy (non-hydrogen) atoms. The molecule has 8 nitrogen and oxygen atoms in total. The number of carbonyl (C=O) groups is 1. The smallest absolute Gasteiger partial charge is 0.405 e. The summed E-state index contributed by atoms with van der Waals surface area (Å²) in [5, 5.41) is 24.2. The number of benzene rings is 2. The van der Waals surface area contributed by atoms with Crippen LogP contribution in [0, 0.1) is 0 Å². The summed E-state index contributed by atoms with van der Waals surface area (Å²) in [6.45, 7) is 0. The van der Waals surface area contributed by atoms with Crippen molar-refractivity contribution in [2.75, 3.05) is 5.32 Å². The second kappa shape index (κ2) is 6.40. The van der Waals surface area contributed by atoms with Crippen LogP contribution < -0.4 is 10.6 Å². The summed E-state index contributed by atoms with van der Waals surface area (Å²) in [5.74, 6) is 2.17. The number of pyridine rings is 1. The van der Waals surface area contributed by atoms with Gasteiger partial charge in [0, 0.05) is 17.3 Å². The molecule has 8 heteroatoms. The Morgan fingerprint density at radius 1 is 1.00 bits per heavy atom. The van der Waals surface area contributed by atoms with Gasteiger partial charge in [-0.2, -0.15) is 0 Å². The first-order valence-corrected chi connectivity index (χ1v) is 10.0. The van der Waals surface area contributed by atoms with Crippen molar-refractivity contribution in [3.63, 3.8) is 0 Å². The maximum atomic E-state index is 11.1. The lowest BCUT2D eigenvalue weighted by molar-refractivity contribution is 0.188. The molecule has 1 aliphatic carbocycles. The summed E-state index contributed by atoms with van der Waals surface area (Å²) in [4.78, 5) is 15.7. The second-order valence-electron chi connectivity index (χ2n) is 7.81. The maximum Gasteiger partial charge on any atom is 0.405 e. The molecule has 0 bridgehead atoms. The number of rotatable bonds is 3. The number of nitrogens with one attached hydrogen (secondary N) is 2. The van der Waals surface area contributed by atoms with E-state index in [0.717, 1.165) is 52.5 Å². The summed E-state index contributed by atoms with van der Waals surface area (Å²) in [5.41, 5.74) is 4.12. The molecule has 3 heterocycles. The molecule has 0 saturated heterocycles. The summed E-state index contributed by atoms with van der Waals surface area (Å²) in [6, 6.07) is 19.7. The maximum absolute atomic E-state index is 11.1. The number of anilines is 2. The molecule has 1 fully saturated rings. The van der Waals surface area contributed by atoms with Crippen molar-refractivity contribution in [1.82, 2.24) is 25.1 Å². The van der Waals surface area contributed by atoms with E-state index in [2.05, 4.69) is 25.8 Å². The van der Waals surface area contributed by atoms with Gasteiger partial charge in [-0.05, 0) is 42.7 Å². The van der Waals surface area contributed by atoms with Gasteiger partial charge in [-0.25, -0.2) is 9.78 Å². The van der Waals surface area contributed by atoms with Gasteiger partial charge >= 0.3 is 6.09 Å². The highest BCUT2D eigenvalue weighted by atomic mass is 16.4. The predicted molar refractivity (Wildman–Crippen MR) is 115 cm³/mol. The van der Waals surface area contributed by atoms with E-state index in [1.165, 1.54) is 0 Å². The lowest BCUT2D eigenvalue weighted by Crippen LogP contribution is -2.33. The van der Waals surface area contributed by atoms with Crippen LogP contribution in [-0.4, -0.2) is 30.9 Å². The summed E-state index contributed by atoms with van der Waals surface area (Å²) >= 11 is 0. The van der Waals surface area contributed by atoms with Crippen LogP contribution >= 0.6 is 0 Å². The third-order valence-electron chi connectivity index (χ3n) is 5.90. The van der Waals surface area contributed by atoms with Gasteiger partial charge in [-0.3, -0.25) is 4.57 Å². The Morgan fingerprint density at radius 3 is 2.55 bits per heavy atom. The second-order valence-corrected chi connectivity index (χ2v) is 7.81. The molecule has 1 aliphatic heterocycles. The van der Waals surface area contributed by atoms with Crippen molar-refractivity contribution in [3.8, 4) is 28.5 Å². The largest absolute Gasteiger partial charge is 0.465 e. The topological polar surface area (TPSA) is 105 Å². The summed E-state index contributed by atoms with van der Waals surface area (Å²) in [6.07, 6.45) is 2.36. The van der Waals surface area contributed by atoms with Crippen LogP contribution in [0.4, 0.5) is 16.3 Å². The molecule has 0 unspecified atom stereocenters. The SMILES string of the molecule is O=C(O)NC1(c2ccc(-c3nnc4n3-c3cccnc3Nc3ccccc3-4)cc2)CC1. The highest BCUT2D eigenvalue weighted by Crippen LogP contribution is 2.46. The first-order valence-electron chi connectivity index (χ1n) is 10.0. The van der Waals surface area contributed by atoms with Crippen LogP contribution in [0.15, 0.2) is 66.9 Å². The van der Waals surface area contributed by atoms with Gasteiger partial charge in [0.05, 0.1) is 16.9 Å². The minimum atomic E-state index is -1.00. The third kappa shape index (κ3) is 2.76. The first-order chi connectivity index (χ1) is 15.1. The number of hydrogen-bond donors (Lipinski definition) is 3. The number of hydrogen-bond acceptors (Lipinski definition) is 5. The summed E-state index contributed by atoms with van der Waals surface area (Å²) < 4.78 is 2.01. The van der Waals surface area contributed by atoms with Crippen LogP contribution in [-0.2, 0) is 5.54 Å². The van der Waals surface area contributed by atoms with E-state index in [4.69, 9.17) is 5.11 Å². The lowest BCUT2D eigenvalue weighted by Gasteiger charge is -2.16. The fourth-order valence-electron chi connectivity index (χ4n) is 4.22. The van der Waals surface area contributed by atoms with Crippen molar-refractivity contribution in [1.29, 1.82) is 0 Å². The zero-order valence-electron chi connectivity index (χ0n) is 16.4. The van der Waals surface area contributed by atoms with Crippen molar-refractivity contribution in [2.45, 2.75) is 18.4 Å². The zero-order chi connectivity index (χ0) is 21.0. The number of carboxylic acid groups (broad SMARTS) is 1. The molecule has 1 amide bonds. The van der Waals surface area contributed by atoms with Crippen molar-refractivity contribution >= 4 is 17.6 Å². The predicted octanol–water partition coefficient (Wildman–Crippen LogP) is 4.31. The lowest BCUT2D eigenvalue weighted by atomic mass is 10.0. The molecular formula is C23H18N6O2. The van der Waals surface area contributed by atoms with E-state index in [1.807, 2.05) is 65.2 Å². The molecule has 0 radical (unpaired) electrons. The minimum Gasteiger partial charge on any atom is -0.465 e. The van der Waals surface area contributed by atoms with Gasteiger partial charge in [0.15, 0.2) is 17.5 Å². The Bertz CT molecular complexity index is 1320. The Kier molecular flexibility index (Phi) is 3.64. The van der Waals surface area contributed by atoms with E-state index in [9.17, 15) is 4.79 Å². The van der Waals surface area contributed by atoms with E-state index in [0.29, 0.717) is 5.82 Å². The van der Waals surface area contributed by atoms with Crippen molar-refractivity contribution in [3.05, 3.63) is 72.4 Å². The standard InChI is InChI=1S/C23H18N6O2/c30-22(31)26-23(11-12-23)15-9-7-14(8-10-15)20-27-28-21-16-4-1-2-5-17(16)25-19-18(29(20)21)6-3-13-24-19/h1-10,13,26H,11-12H2,(H,24,25)(H,30,31). The number of nitrogens with zero attached hydrogens (tertiary/aromatic N) is 4. The van der Waals surface area contributed by atoms with Crippen molar-refractivity contribution in [2.24, 2.45) is 0 Å². The van der Waals surface area contributed by atoms with Gasteiger partial charge < -0.3 is 15.7 Å². The monoisotopic (exact) mass is 410 g/mol. The first kappa shape index (κ1) is 17.6. The van der Waals surface area contributed by atoms with Gasteiger partial charge in [0.25, 0.3) is 0 Å². The highest BCUT2D eigenvalue weighted by molar-refractivity contribution is 5.84. The molecular weight excluding hydrogens is 392 g/mol. The molecule has 2 aromatic heterocycles. The van der Waals surface area contributed by atoms with Gasteiger partial charge in [0.1, 0.15) is 0 Å². The molecule has 2 aliphatic rings. The third-order valence-corrected chi connectivity index (χ3v) is 5.90. The number of amides is 1. The van der Waals surface area contributed by atoms with E-state index < -0.39 is 11.6 Å². The normalized spacial score (nSPS) is 15.0. The Labute approximate surface area is 177 Å². The van der Waals surface area contributed by atoms with E-state index >= 15 is 0 Å². The summed E-state index contributed by atoms with van der Waals surface area (Å²) in [7, 11) is 0. The van der Waals surface area contributed by atoms with Crippen LogP contribution in [0.1, 0.15) is 18.4 Å². The molecule has 0 atom stereocenters.